The van der Waals surface area contributed by atoms with E-state index < -0.39 is 28.6 Å². The first-order valence-electron chi connectivity index (χ1n) is 6.59. The highest BCUT2D eigenvalue weighted by Crippen LogP contribution is 2.21. The highest BCUT2D eigenvalue weighted by atomic mass is 35.5. The largest absolute Gasteiger partial charge is 0.399 e. The third kappa shape index (κ3) is 6.62. The van der Waals surface area contributed by atoms with Gasteiger partial charge in [0.15, 0.2) is 0 Å². The summed E-state index contributed by atoms with van der Waals surface area (Å²) in [5, 5.41) is 16.1. The molecule has 0 radical (unpaired) electrons. The maximum absolute atomic E-state index is 12.0. The average molecular weight is 398 g/mol. The Hall–Kier alpha value is -1.39. The molecule has 0 aliphatic carbocycles. The van der Waals surface area contributed by atoms with Gasteiger partial charge in [0.2, 0.25) is 15.9 Å². The lowest BCUT2D eigenvalue weighted by molar-refractivity contribution is -0.123. The van der Waals surface area contributed by atoms with Crippen LogP contribution in [0.4, 0.5) is 0 Å². The van der Waals surface area contributed by atoms with E-state index in [2.05, 4.69) is 10.5 Å². The summed E-state index contributed by atoms with van der Waals surface area (Å²) in [5.41, 5.74) is 0.781. The number of oxime groups is 1. The van der Waals surface area contributed by atoms with Crippen LogP contribution < -0.4 is 10.0 Å². The molecule has 0 aliphatic heterocycles. The minimum absolute atomic E-state index is 0.101. The Balaban J connectivity index is 2.87. The van der Waals surface area contributed by atoms with Gasteiger partial charge in [0.1, 0.15) is 18.9 Å². The van der Waals surface area contributed by atoms with Crippen LogP contribution in [0, 0.1) is 0 Å². The van der Waals surface area contributed by atoms with Crippen molar-refractivity contribution in [1.29, 1.82) is 0 Å². The molecule has 3 N–H and O–H groups in total. The molecule has 1 unspecified atom stereocenters. The van der Waals surface area contributed by atoms with Crippen molar-refractivity contribution < 1.29 is 23.2 Å². The van der Waals surface area contributed by atoms with Crippen LogP contribution in [-0.2, 0) is 19.7 Å². The Labute approximate surface area is 149 Å². The first kappa shape index (κ1) is 20.7. The third-order valence-electron chi connectivity index (χ3n) is 2.73. The molecule has 0 bridgehead atoms. The Morgan fingerprint density at radius 3 is 2.58 bits per heavy atom. The quantitative estimate of drug-likeness (QED) is 0.432. The molecule has 1 amide bonds. The van der Waals surface area contributed by atoms with Crippen molar-refractivity contribution in [3.05, 3.63) is 33.8 Å². The van der Waals surface area contributed by atoms with Crippen LogP contribution >= 0.6 is 23.2 Å². The van der Waals surface area contributed by atoms with E-state index in [1.165, 1.54) is 13.2 Å². The summed E-state index contributed by atoms with van der Waals surface area (Å²) in [6.07, 6.45) is 0.883. The number of halogens is 2. The fraction of sp³-hybridized carbons (Fsp3) is 0.385. The summed E-state index contributed by atoms with van der Waals surface area (Å²) >= 11 is 11.9. The number of hydrogen-bond donors (Lipinski definition) is 3. The minimum atomic E-state index is -3.65. The lowest BCUT2D eigenvalue weighted by Gasteiger charge is -2.15. The molecule has 11 heteroatoms. The second-order valence-electron chi connectivity index (χ2n) is 4.69. The fourth-order valence-electron chi connectivity index (χ4n) is 1.74. The lowest BCUT2D eigenvalue weighted by Crippen LogP contribution is -2.49. The number of rotatable bonds is 8. The molecule has 8 nitrogen and oxygen atoms in total. The standard InChI is InChI=1S/C13H17Cl2N3O5S/c1-23-17-11(9-4-3-8(14)5-10(9)15)6-16-13(20)12(7-19)18-24(2,21)22/h3-5,12,18-19H,6-7H2,1-2H3,(H,16,20). The first-order chi connectivity index (χ1) is 11.2. The zero-order valence-electron chi connectivity index (χ0n) is 12.9. The topological polar surface area (TPSA) is 117 Å². The Morgan fingerprint density at radius 2 is 2.08 bits per heavy atom. The van der Waals surface area contributed by atoms with Gasteiger partial charge in [0.05, 0.1) is 24.4 Å². The number of nitrogens with one attached hydrogen (secondary N) is 2. The average Bonchev–Trinajstić information content (AvgIpc) is 2.48. The van der Waals surface area contributed by atoms with Crippen LogP contribution in [0.2, 0.25) is 10.0 Å². The minimum Gasteiger partial charge on any atom is -0.399 e. The predicted molar refractivity (Wildman–Crippen MR) is 91.9 cm³/mol. The second kappa shape index (κ2) is 9.19. The maximum Gasteiger partial charge on any atom is 0.240 e. The Morgan fingerprint density at radius 1 is 1.42 bits per heavy atom. The van der Waals surface area contributed by atoms with E-state index in [1.807, 2.05) is 4.72 Å². The van der Waals surface area contributed by atoms with Crippen LogP contribution in [0.3, 0.4) is 0 Å². The highest BCUT2D eigenvalue weighted by molar-refractivity contribution is 7.88. The number of benzene rings is 1. The van der Waals surface area contributed by atoms with Gasteiger partial charge in [-0.15, -0.1) is 0 Å². The SMILES string of the molecule is CON=C(CNC(=O)C(CO)NS(C)(=O)=O)c1ccc(Cl)cc1Cl. The van der Waals surface area contributed by atoms with Crippen LogP contribution in [0.5, 0.6) is 0 Å². The van der Waals surface area contributed by atoms with Crippen molar-refractivity contribution in [2.45, 2.75) is 6.04 Å². The summed E-state index contributed by atoms with van der Waals surface area (Å²) in [5.74, 6) is -0.725. The molecule has 0 saturated carbocycles. The predicted octanol–water partition coefficient (Wildman–Crippen LogP) is 0.370. The first-order valence-corrected chi connectivity index (χ1v) is 9.24. The van der Waals surface area contributed by atoms with Gasteiger partial charge in [-0.2, -0.15) is 0 Å². The molecular weight excluding hydrogens is 381 g/mol. The van der Waals surface area contributed by atoms with E-state index in [0.717, 1.165) is 6.26 Å². The number of aliphatic hydroxyl groups excluding tert-OH is 1. The second-order valence-corrected chi connectivity index (χ2v) is 7.31. The van der Waals surface area contributed by atoms with Crippen molar-refractivity contribution in [3.8, 4) is 0 Å². The van der Waals surface area contributed by atoms with E-state index in [0.29, 0.717) is 21.3 Å². The fourth-order valence-corrected chi connectivity index (χ4v) is 2.95. The van der Waals surface area contributed by atoms with Crippen molar-refractivity contribution >= 4 is 44.8 Å². The van der Waals surface area contributed by atoms with E-state index >= 15 is 0 Å². The number of sulfonamides is 1. The number of carbonyl (C=O) groups excluding carboxylic acids is 1. The lowest BCUT2D eigenvalue weighted by atomic mass is 10.1. The number of hydrogen-bond acceptors (Lipinski definition) is 6. The van der Waals surface area contributed by atoms with Gasteiger partial charge in [-0.1, -0.05) is 28.4 Å². The monoisotopic (exact) mass is 397 g/mol. The molecule has 1 rings (SSSR count). The molecule has 0 fully saturated rings. The summed E-state index contributed by atoms with van der Waals surface area (Å²) in [6, 6.07) is 3.39. The molecule has 134 valence electrons. The number of nitrogens with zero attached hydrogens (tertiary/aromatic N) is 1. The maximum atomic E-state index is 12.0. The normalized spacial score (nSPS) is 13.5. The zero-order chi connectivity index (χ0) is 18.3. The molecule has 0 heterocycles. The molecule has 0 spiro atoms. The van der Waals surface area contributed by atoms with E-state index in [4.69, 9.17) is 33.1 Å². The summed E-state index contributed by atoms with van der Waals surface area (Å²) in [6.45, 7) is -0.798. The molecule has 24 heavy (non-hydrogen) atoms. The van der Waals surface area contributed by atoms with Gasteiger partial charge in [-0.3, -0.25) is 4.79 Å². The molecule has 0 aromatic heterocycles. The Bertz CT molecular complexity index is 724. The molecular formula is C13H17Cl2N3O5S. The van der Waals surface area contributed by atoms with Crippen LogP contribution in [-0.4, -0.2) is 57.7 Å². The summed E-state index contributed by atoms with van der Waals surface area (Å²) in [4.78, 5) is 16.7. The van der Waals surface area contributed by atoms with Gasteiger partial charge < -0.3 is 15.3 Å². The van der Waals surface area contributed by atoms with Crippen LogP contribution in [0.15, 0.2) is 23.4 Å². The van der Waals surface area contributed by atoms with Crippen LogP contribution in [0.1, 0.15) is 5.56 Å². The zero-order valence-corrected chi connectivity index (χ0v) is 15.2. The molecule has 1 aromatic carbocycles. The van der Waals surface area contributed by atoms with E-state index in [9.17, 15) is 13.2 Å². The molecule has 1 aromatic rings. The van der Waals surface area contributed by atoms with Gasteiger partial charge >= 0.3 is 0 Å². The number of carbonyl (C=O) groups is 1. The van der Waals surface area contributed by atoms with Crippen molar-refractivity contribution in [1.82, 2.24) is 10.0 Å². The van der Waals surface area contributed by atoms with E-state index in [-0.39, 0.29) is 6.54 Å². The van der Waals surface area contributed by atoms with E-state index in [1.54, 1.807) is 12.1 Å². The smallest absolute Gasteiger partial charge is 0.240 e. The number of aliphatic hydroxyl groups is 1. The summed E-state index contributed by atoms with van der Waals surface area (Å²) < 4.78 is 24.4. The molecule has 1 atom stereocenters. The van der Waals surface area contributed by atoms with Crippen molar-refractivity contribution in [3.63, 3.8) is 0 Å². The highest BCUT2D eigenvalue weighted by Gasteiger charge is 2.22. The van der Waals surface area contributed by atoms with Gasteiger partial charge in [0, 0.05) is 10.6 Å². The molecule has 0 saturated heterocycles. The molecule has 0 aliphatic rings. The van der Waals surface area contributed by atoms with Gasteiger partial charge in [-0.25, -0.2) is 13.1 Å². The van der Waals surface area contributed by atoms with Crippen molar-refractivity contribution in [2.24, 2.45) is 5.16 Å². The van der Waals surface area contributed by atoms with Crippen LogP contribution in [0.25, 0.3) is 0 Å². The summed E-state index contributed by atoms with van der Waals surface area (Å²) in [7, 11) is -2.33. The Kier molecular flexibility index (Phi) is 7.91. The third-order valence-corrected chi connectivity index (χ3v) is 3.99. The van der Waals surface area contributed by atoms with Gasteiger partial charge in [-0.05, 0) is 18.2 Å². The number of amides is 1. The van der Waals surface area contributed by atoms with Crippen molar-refractivity contribution in [2.75, 3.05) is 26.5 Å². The van der Waals surface area contributed by atoms with Gasteiger partial charge in [0.25, 0.3) is 0 Å².